The average Bonchev–Trinajstić information content (AvgIpc) is 3.21. The third-order valence-corrected chi connectivity index (χ3v) is 6.31. The Balaban J connectivity index is 1.54. The minimum atomic E-state index is -4.62. The molecule has 180 valence electrons. The van der Waals surface area contributed by atoms with Gasteiger partial charge < -0.3 is 5.32 Å². The molecule has 1 amide bonds. The van der Waals surface area contributed by atoms with E-state index in [2.05, 4.69) is 15.5 Å². The van der Waals surface area contributed by atoms with E-state index in [0.717, 1.165) is 40.7 Å². The average molecular weight is 517 g/mol. The van der Waals surface area contributed by atoms with E-state index in [1.54, 1.807) is 0 Å². The first-order valence-electron chi connectivity index (χ1n) is 10.6. The van der Waals surface area contributed by atoms with Crippen molar-refractivity contribution in [3.05, 3.63) is 100 Å². The van der Waals surface area contributed by atoms with E-state index in [1.807, 2.05) is 66.1 Å². The zero-order valence-electron chi connectivity index (χ0n) is 18.5. The van der Waals surface area contributed by atoms with E-state index in [9.17, 15) is 18.0 Å². The highest BCUT2D eigenvalue weighted by atomic mass is 35.5. The zero-order valence-corrected chi connectivity index (χ0v) is 20.1. The number of aromatic nitrogens is 3. The van der Waals surface area contributed by atoms with Crippen LogP contribution in [-0.2, 0) is 17.4 Å². The Hall–Kier alpha value is -3.30. The summed E-state index contributed by atoms with van der Waals surface area (Å²) in [6, 6.07) is 20.9. The highest BCUT2D eigenvalue weighted by molar-refractivity contribution is 7.99. The first-order chi connectivity index (χ1) is 16.7. The fourth-order valence-corrected chi connectivity index (χ4v) is 4.46. The van der Waals surface area contributed by atoms with Crippen LogP contribution < -0.4 is 5.32 Å². The molecule has 0 aliphatic rings. The van der Waals surface area contributed by atoms with Crippen LogP contribution in [0.4, 0.5) is 18.9 Å². The summed E-state index contributed by atoms with van der Waals surface area (Å²) in [4.78, 5) is 12.5. The summed E-state index contributed by atoms with van der Waals surface area (Å²) in [6.07, 6.45) is -4.08. The number of carbonyl (C=O) groups is 1. The highest BCUT2D eigenvalue weighted by Crippen LogP contribution is 2.36. The van der Waals surface area contributed by atoms with Crippen molar-refractivity contribution in [1.82, 2.24) is 14.8 Å². The Kier molecular flexibility index (Phi) is 7.47. The van der Waals surface area contributed by atoms with Crippen LogP contribution in [0, 0.1) is 6.92 Å². The first kappa shape index (κ1) is 24.8. The molecule has 1 aromatic heterocycles. The van der Waals surface area contributed by atoms with E-state index in [4.69, 9.17) is 11.6 Å². The van der Waals surface area contributed by atoms with Gasteiger partial charge in [-0.2, -0.15) is 13.2 Å². The summed E-state index contributed by atoms with van der Waals surface area (Å²) in [7, 11) is 0. The van der Waals surface area contributed by atoms with Crippen LogP contribution in [0.3, 0.4) is 0 Å². The van der Waals surface area contributed by atoms with E-state index in [1.165, 1.54) is 6.07 Å². The fourth-order valence-electron chi connectivity index (χ4n) is 3.46. The van der Waals surface area contributed by atoms with Gasteiger partial charge in [0.25, 0.3) is 0 Å². The van der Waals surface area contributed by atoms with E-state index in [-0.39, 0.29) is 11.4 Å². The van der Waals surface area contributed by atoms with Crippen LogP contribution >= 0.6 is 23.4 Å². The predicted octanol–water partition coefficient (Wildman–Crippen LogP) is 6.57. The van der Waals surface area contributed by atoms with Crippen molar-refractivity contribution >= 4 is 35.0 Å². The van der Waals surface area contributed by atoms with Crippen molar-refractivity contribution in [2.45, 2.75) is 24.7 Å². The lowest BCUT2D eigenvalue weighted by Crippen LogP contribution is -2.16. The molecule has 5 nitrogen and oxygen atoms in total. The lowest BCUT2D eigenvalue weighted by molar-refractivity contribution is -0.137. The summed E-state index contributed by atoms with van der Waals surface area (Å²) >= 11 is 6.80. The third-order valence-electron chi connectivity index (χ3n) is 5.05. The number of benzene rings is 3. The molecule has 0 saturated carbocycles. The van der Waals surface area contributed by atoms with Gasteiger partial charge in [0.05, 0.1) is 16.3 Å². The van der Waals surface area contributed by atoms with Crippen LogP contribution in [-0.4, -0.2) is 26.4 Å². The molecule has 10 heteroatoms. The molecule has 0 unspecified atom stereocenters. The second-order valence-corrected chi connectivity index (χ2v) is 9.11. The molecule has 0 saturated heterocycles. The number of rotatable bonds is 7. The summed E-state index contributed by atoms with van der Waals surface area (Å²) < 4.78 is 41.2. The van der Waals surface area contributed by atoms with Crippen LogP contribution in [0.25, 0.3) is 5.69 Å². The number of thioether (sulfide) groups is 1. The SMILES string of the molecule is Cc1cccc(-n2c(Cc3ccccc3)nnc2SCC(=O)Nc2ccc(Cl)c(C(F)(F)F)c2)c1. The number of nitrogens with one attached hydrogen (secondary N) is 1. The molecule has 0 atom stereocenters. The highest BCUT2D eigenvalue weighted by Gasteiger charge is 2.33. The Labute approximate surface area is 209 Å². The molecule has 0 fully saturated rings. The normalized spacial score (nSPS) is 11.5. The van der Waals surface area contributed by atoms with Gasteiger partial charge in [0.1, 0.15) is 5.82 Å². The first-order valence-corrected chi connectivity index (χ1v) is 11.9. The molecule has 35 heavy (non-hydrogen) atoms. The maximum absolute atomic E-state index is 13.1. The number of nitrogens with zero attached hydrogens (tertiary/aromatic N) is 3. The number of alkyl halides is 3. The maximum Gasteiger partial charge on any atom is 0.417 e. The quantitative estimate of drug-likeness (QED) is 0.282. The van der Waals surface area contributed by atoms with Crippen LogP contribution in [0.2, 0.25) is 5.02 Å². The molecule has 4 rings (SSSR count). The number of aryl methyl sites for hydroxylation is 1. The smallest absolute Gasteiger partial charge is 0.325 e. The lowest BCUT2D eigenvalue weighted by Gasteiger charge is -2.12. The van der Waals surface area contributed by atoms with Gasteiger partial charge in [-0.3, -0.25) is 9.36 Å². The second-order valence-electron chi connectivity index (χ2n) is 7.76. The molecule has 0 spiro atoms. The van der Waals surface area contributed by atoms with Crippen molar-refractivity contribution in [1.29, 1.82) is 0 Å². The summed E-state index contributed by atoms with van der Waals surface area (Å²) in [5.74, 6) is 0.158. The van der Waals surface area contributed by atoms with Crippen LogP contribution in [0.5, 0.6) is 0 Å². The number of anilines is 1. The standard InChI is InChI=1S/C25H20ClF3N4OS/c1-16-6-5-9-19(12-16)33-22(13-17-7-3-2-4-8-17)31-32-24(33)35-15-23(34)30-18-10-11-21(26)20(14-18)25(27,28)29/h2-12,14H,13,15H2,1H3,(H,30,34). The zero-order chi connectivity index (χ0) is 25.0. The monoisotopic (exact) mass is 516 g/mol. The van der Waals surface area contributed by atoms with Crippen molar-refractivity contribution in [3.8, 4) is 5.69 Å². The van der Waals surface area contributed by atoms with Gasteiger partial charge in [-0.05, 0) is 48.4 Å². The van der Waals surface area contributed by atoms with Gasteiger partial charge in [-0.1, -0.05) is 65.8 Å². The topological polar surface area (TPSA) is 59.8 Å². The van der Waals surface area contributed by atoms with E-state index >= 15 is 0 Å². The molecule has 0 radical (unpaired) electrons. The van der Waals surface area contributed by atoms with E-state index in [0.29, 0.717) is 17.4 Å². The van der Waals surface area contributed by atoms with Gasteiger partial charge in [-0.15, -0.1) is 10.2 Å². The van der Waals surface area contributed by atoms with Crippen molar-refractivity contribution in [2.75, 3.05) is 11.1 Å². The third kappa shape index (κ3) is 6.23. The lowest BCUT2D eigenvalue weighted by atomic mass is 10.1. The summed E-state index contributed by atoms with van der Waals surface area (Å²) in [5.41, 5.74) is 1.98. The molecule has 1 heterocycles. The number of amides is 1. The van der Waals surface area contributed by atoms with Gasteiger partial charge in [0.15, 0.2) is 5.16 Å². The number of hydrogen-bond acceptors (Lipinski definition) is 4. The Bertz CT molecular complexity index is 1340. The van der Waals surface area contributed by atoms with Crippen molar-refractivity contribution < 1.29 is 18.0 Å². The van der Waals surface area contributed by atoms with E-state index < -0.39 is 22.7 Å². The number of halogens is 4. The molecule has 3 aromatic carbocycles. The fraction of sp³-hybridized carbons (Fsp3) is 0.160. The van der Waals surface area contributed by atoms with Crippen molar-refractivity contribution in [2.24, 2.45) is 0 Å². The number of carbonyl (C=O) groups excluding carboxylic acids is 1. The Morgan fingerprint density at radius 1 is 1.03 bits per heavy atom. The molecule has 0 aliphatic carbocycles. The Morgan fingerprint density at radius 2 is 1.80 bits per heavy atom. The minimum absolute atomic E-state index is 0.0113. The minimum Gasteiger partial charge on any atom is -0.325 e. The second kappa shape index (κ2) is 10.5. The van der Waals surface area contributed by atoms with Gasteiger partial charge in [0.2, 0.25) is 5.91 Å². The molecular formula is C25H20ClF3N4OS. The van der Waals surface area contributed by atoms with Gasteiger partial charge in [-0.25, -0.2) is 0 Å². The maximum atomic E-state index is 13.1. The molecule has 4 aromatic rings. The van der Waals surface area contributed by atoms with Crippen LogP contribution in [0.1, 0.15) is 22.5 Å². The Morgan fingerprint density at radius 3 is 2.51 bits per heavy atom. The molecule has 0 aliphatic heterocycles. The van der Waals surface area contributed by atoms with Gasteiger partial charge in [0, 0.05) is 17.8 Å². The molecule has 1 N–H and O–H groups in total. The largest absolute Gasteiger partial charge is 0.417 e. The van der Waals surface area contributed by atoms with Gasteiger partial charge >= 0.3 is 6.18 Å². The number of hydrogen-bond donors (Lipinski definition) is 1. The van der Waals surface area contributed by atoms with Crippen molar-refractivity contribution in [3.63, 3.8) is 0 Å². The molecule has 0 bridgehead atoms. The molecular weight excluding hydrogens is 497 g/mol. The summed E-state index contributed by atoms with van der Waals surface area (Å²) in [5, 5.41) is 11.2. The summed E-state index contributed by atoms with van der Waals surface area (Å²) in [6.45, 7) is 1.98. The predicted molar refractivity (Wildman–Crippen MR) is 131 cm³/mol. The van der Waals surface area contributed by atoms with Crippen LogP contribution in [0.15, 0.2) is 78.0 Å².